The van der Waals surface area contributed by atoms with E-state index in [4.69, 9.17) is 11.6 Å². The average molecular weight is 250 g/mol. The topological polar surface area (TPSA) is 39.2 Å². The molecular weight excluding hydrogens is 238 g/mol. The zero-order valence-corrected chi connectivity index (χ0v) is 10.4. The second-order valence-electron chi connectivity index (χ2n) is 3.85. The first kappa shape index (κ1) is 11.9. The molecule has 0 saturated carbocycles. The van der Waals surface area contributed by atoms with Crippen molar-refractivity contribution in [1.29, 1.82) is 0 Å². The Morgan fingerprint density at radius 1 is 1.41 bits per heavy atom. The summed E-state index contributed by atoms with van der Waals surface area (Å²) in [6, 6.07) is 7.43. The molecule has 0 saturated heterocycles. The fourth-order valence-corrected chi connectivity index (χ4v) is 2.02. The largest absolute Gasteiger partial charge is 0.469 e. The van der Waals surface area contributed by atoms with Gasteiger partial charge in [-0.05, 0) is 24.6 Å². The summed E-state index contributed by atoms with van der Waals surface area (Å²) in [6.45, 7) is 1.89. The van der Waals surface area contributed by atoms with Gasteiger partial charge in [0.25, 0.3) is 0 Å². The summed E-state index contributed by atoms with van der Waals surface area (Å²) in [4.78, 5) is 15.6. The van der Waals surface area contributed by atoms with E-state index < -0.39 is 0 Å². The molecule has 17 heavy (non-hydrogen) atoms. The summed E-state index contributed by atoms with van der Waals surface area (Å²) in [5, 5.41) is 1.57. The highest BCUT2D eigenvalue weighted by atomic mass is 35.5. The fraction of sp³-hybridized carbons (Fsp3) is 0.231. The van der Waals surface area contributed by atoms with Crippen LogP contribution in [0.4, 0.5) is 0 Å². The number of aryl methyl sites for hydroxylation is 1. The number of fused-ring (bicyclic) bond motifs is 1. The number of hydrogen-bond donors (Lipinski definition) is 0. The van der Waals surface area contributed by atoms with Crippen molar-refractivity contribution in [2.75, 3.05) is 7.11 Å². The number of carbonyl (C=O) groups excluding carboxylic acids is 1. The van der Waals surface area contributed by atoms with Gasteiger partial charge in [-0.2, -0.15) is 0 Å². The lowest BCUT2D eigenvalue weighted by atomic mass is 10.1. The molecule has 0 aliphatic carbocycles. The monoisotopic (exact) mass is 249 g/mol. The Morgan fingerprint density at radius 2 is 2.18 bits per heavy atom. The third-order valence-electron chi connectivity index (χ3n) is 2.53. The van der Waals surface area contributed by atoms with E-state index in [1.54, 1.807) is 0 Å². The highest BCUT2D eigenvalue weighted by Gasteiger charge is 2.06. The maximum absolute atomic E-state index is 11.2. The molecule has 1 aromatic carbocycles. The van der Waals surface area contributed by atoms with Crippen molar-refractivity contribution in [3.05, 3.63) is 40.5 Å². The molecule has 0 radical (unpaired) electrons. The van der Waals surface area contributed by atoms with Crippen molar-refractivity contribution in [2.45, 2.75) is 13.3 Å². The highest BCUT2D eigenvalue weighted by Crippen LogP contribution is 2.24. The molecule has 0 N–H and O–H groups in total. The zero-order chi connectivity index (χ0) is 12.4. The van der Waals surface area contributed by atoms with Gasteiger partial charge in [0.05, 0.1) is 24.1 Å². The first-order chi connectivity index (χ1) is 8.10. The Morgan fingerprint density at radius 3 is 2.88 bits per heavy atom. The van der Waals surface area contributed by atoms with E-state index in [1.807, 2.05) is 31.2 Å². The summed E-state index contributed by atoms with van der Waals surface area (Å²) in [5.41, 5.74) is 2.53. The number of rotatable bonds is 2. The fourth-order valence-electron chi connectivity index (χ4n) is 1.70. The van der Waals surface area contributed by atoms with E-state index in [0.717, 1.165) is 22.2 Å². The van der Waals surface area contributed by atoms with Gasteiger partial charge in [-0.15, -0.1) is 0 Å². The van der Waals surface area contributed by atoms with Crippen LogP contribution in [0.1, 0.15) is 11.3 Å². The minimum absolute atomic E-state index is 0.250. The molecule has 0 amide bonds. The van der Waals surface area contributed by atoms with E-state index in [9.17, 15) is 4.79 Å². The molecule has 0 unspecified atom stereocenters. The quantitative estimate of drug-likeness (QED) is 0.769. The van der Waals surface area contributed by atoms with Crippen LogP contribution in [0.2, 0.25) is 5.02 Å². The van der Waals surface area contributed by atoms with Crippen LogP contribution in [0.5, 0.6) is 0 Å². The Balaban J connectivity index is 2.46. The lowest BCUT2D eigenvalue weighted by Crippen LogP contribution is -2.04. The van der Waals surface area contributed by atoms with Crippen molar-refractivity contribution in [2.24, 2.45) is 0 Å². The number of pyridine rings is 1. The van der Waals surface area contributed by atoms with E-state index in [1.165, 1.54) is 7.11 Å². The van der Waals surface area contributed by atoms with Crippen LogP contribution in [0.3, 0.4) is 0 Å². The SMILES string of the molecule is COC(=O)Cc1ccc2c(Cl)cc(C)nc2c1. The molecule has 2 aromatic rings. The number of hydrogen-bond acceptors (Lipinski definition) is 3. The minimum Gasteiger partial charge on any atom is -0.469 e. The number of nitrogens with zero attached hydrogens (tertiary/aromatic N) is 1. The number of ether oxygens (including phenoxy) is 1. The van der Waals surface area contributed by atoms with Crippen LogP contribution < -0.4 is 0 Å². The van der Waals surface area contributed by atoms with Crippen LogP contribution in [0, 0.1) is 6.92 Å². The Labute approximate surface area is 104 Å². The first-order valence-corrected chi connectivity index (χ1v) is 5.60. The van der Waals surface area contributed by atoms with Gasteiger partial charge in [-0.25, -0.2) is 0 Å². The molecule has 1 heterocycles. The van der Waals surface area contributed by atoms with Crippen molar-refractivity contribution >= 4 is 28.5 Å². The van der Waals surface area contributed by atoms with Crippen LogP contribution in [0.15, 0.2) is 24.3 Å². The number of methoxy groups -OCH3 is 1. The maximum atomic E-state index is 11.2. The van der Waals surface area contributed by atoms with E-state index in [2.05, 4.69) is 9.72 Å². The second kappa shape index (κ2) is 4.72. The zero-order valence-electron chi connectivity index (χ0n) is 9.66. The normalized spacial score (nSPS) is 10.5. The lowest BCUT2D eigenvalue weighted by Gasteiger charge is -2.05. The summed E-state index contributed by atoms with van der Waals surface area (Å²) in [5.74, 6) is -0.261. The molecular formula is C13H12ClNO2. The number of benzene rings is 1. The van der Waals surface area contributed by atoms with Gasteiger partial charge in [0.1, 0.15) is 0 Å². The Hall–Kier alpha value is -1.61. The van der Waals surface area contributed by atoms with Crippen LogP contribution >= 0.6 is 11.6 Å². The van der Waals surface area contributed by atoms with Gasteiger partial charge >= 0.3 is 5.97 Å². The van der Waals surface area contributed by atoms with Crippen LogP contribution in [-0.2, 0) is 16.0 Å². The van der Waals surface area contributed by atoms with Gasteiger partial charge in [0, 0.05) is 11.1 Å². The van der Waals surface area contributed by atoms with Crippen molar-refractivity contribution in [3.8, 4) is 0 Å². The van der Waals surface area contributed by atoms with Crippen molar-refractivity contribution < 1.29 is 9.53 Å². The van der Waals surface area contributed by atoms with Crippen molar-refractivity contribution in [3.63, 3.8) is 0 Å². The Bertz CT molecular complexity index is 581. The molecule has 1 aromatic heterocycles. The minimum atomic E-state index is -0.261. The lowest BCUT2D eigenvalue weighted by molar-refractivity contribution is -0.139. The van der Waals surface area contributed by atoms with E-state index >= 15 is 0 Å². The molecule has 0 spiro atoms. The van der Waals surface area contributed by atoms with Gasteiger partial charge in [0.15, 0.2) is 0 Å². The predicted molar refractivity (Wildman–Crippen MR) is 67.2 cm³/mol. The summed E-state index contributed by atoms with van der Waals surface area (Å²) < 4.78 is 4.63. The number of halogens is 1. The smallest absolute Gasteiger partial charge is 0.309 e. The molecule has 0 aliphatic heterocycles. The molecule has 3 nitrogen and oxygen atoms in total. The van der Waals surface area contributed by atoms with Crippen LogP contribution in [0.25, 0.3) is 10.9 Å². The third kappa shape index (κ3) is 2.56. The second-order valence-corrected chi connectivity index (χ2v) is 4.26. The van der Waals surface area contributed by atoms with E-state index in [-0.39, 0.29) is 12.4 Å². The van der Waals surface area contributed by atoms with Gasteiger partial charge in [-0.1, -0.05) is 23.7 Å². The summed E-state index contributed by atoms with van der Waals surface area (Å²) in [6.07, 6.45) is 0.250. The predicted octanol–water partition coefficient (Wildman–Crippen LogP) is 2.91. The average Bonchev–Trinajstić information content (AvgIpc) is 2.28. The summed E-state index contributed by atoms with van der Waals surface area (Å²) >= 11 is 6.12. The molecule has 0 fully saturated rings. The maximum Gasteiger partial charge on any atom is 0.309 e. The first-order valence-electron chi connectivity index (χ1n) is 5.23. The summed E-state index contributed by atoms with van der Waals surface area (Å²) in [7, 11) is 1.38. The number of carbonyl (C=O) groups is 1. The molecule has 0 aliphatic rings. The van der Waals surface area contributed by atoms with Gasteiger partial charge in [0.2, 0.25) is 0 Å². The third-order valence-corrected chi connectivity index (χ3v) is 2.84. The van der Waals surface area contributed by atoms with Crippen molar-refractivity contribution in [1.82, 2.24) is 4.98 Å². The van der Waals surface area contributed by atoms with E-state index in [0.29, 0.717) is 5.02 Å². The number of esters is 1. The molecule has 4 heteroatoms. The highest BCUT2D eigenvalue weighted by molar-refractivity contribution is 6.35. The van der Waals surface area contributed by atoms with Crippen LogP contribution in [-0.4, -0.2) is 18.1 Å². The number of aromatic nitrogens is 1. The molecule has 0 atom stereocenters. The molecule has 0 bridgehead atoms. The van der Waals surface area contributed by atoms with Gasteiger partial charge in [-0.3, -0.25) is 9.78 Å². The molecule has 88 valence electrons. The molecule has 2 rings (SSSR count). The Kier molecular flexibility index (Phi) is 3.29. The standard InChI is InChI=1S/C13H12ClNO2/c1-8-5-11(14)10-4-3-9(6-12(10)15-8)7-13(16)17-2/h3-6H,7H2,1-2H3. The van der Waals surface area contributed by atoms with Gasteiger partial charge < -0.3 is 4.74 Å².